The number of nitriles is 1. The van der Waals surface area contributed by atoms with Crippen LogP contribution >= 0.6 is 0 Å². The molecule has 31 heavy (non-hydrogen) atoms. The molecule has 0 amide bonds. The van der Waals surface area contributed by atoms with Crippen molar-refractivity contribution >= 4 is 17.5 Å². The minimum absolute atomic E-state index is 0.0189. The summed E-state index contributed by atoms with van der Waals surface area (Å²) in [7, 11) is 0. The van der Waals surface area contributed by atoms with E-state index in [0.717, 1.165) is 50.3 Å². The zero-order valence-corrected chi connectivity index (χ0v) is 17.8. The Morgan fingerprint density at radius 1 is 1.16 bits per heavy atom. The van der Waals surface area contributed by atoms with E-state index in [0.29, 0.717) is 24.1 Å². The lowest BCUT2D eigenvalue weighted by molar-refractivity contribution is -0.140. The third-order valence-electron chi connectivity index (χ3n) is 6.04. The van der Waals surface area contributed by atoms with Crippen LogP contribution in [0.1, 0.15) is 37.7 Å². The highest BCUT2D eigenvalue weighted by molar-refractivity contribution is 6.09. The lowest BCUT2D eigenvalue weighted by atomic mass is 9.90. The zero-order chi connectivity index (χ0) is 21.5. The minimum Gasteiger partial charge on any atom is -0.461 e. The normalized spacial score (nSPS) is 21.3. The lowest BCUT2D eigenvalue weighted by Crippen LogP contribution is -2.49. The van der Waals surface area contributed by atoms with E-state index in [9.17, 15) is 10.1 Å². The Hall–Kier alpha value is -3.11. The van der Waals surface area contributed by atoms with E-state index in [1.807, 2.05) is 30.3 Å². The molecule has 2 heterocycles. The Balaban J connectivity index is 1.61. The second kappa shape index (κ2) is 10.3. The van der Waals surface area contributed by atoms with Crippen LogP contribution in [0.5, 0.6) is 0 Å². The number of carbonyl (C=O) groups excluding carboxylic acids is 1. The van der Waals surface area contributed by atoms with Gasteiger partial charge in [0.1, 0.15) is 11.8 Å². The number of rotatable bonds is 4. The van der Waals surface area contributed by atoms with Crippen LogP contribution in [0.4, 0.5) is 0 Å². The van der Waals surface area contributed by atoms with Gasteiger partial charge in [-0.3, -0.25) is 0 Å². The van der Waals surface area contributed by atoms with Gasteiger partial charge in [0, 0.05) is 26.2 Å². The summed E-state index contributed by atoms with van der Waals surface area (Å²) in [4.78, 5) is 19.7. The molecule has 7 heteroatoms. The average molecular weight is 420 g/mol. The highest BCUT2D eigenvalue weighted by Gasteiger charge is 2.29. The molecule has 1 aliphatic carbocycles. The molecule has 0 atom stereocenters. The van der Waals surface area contributed by atoms with Crippen molar-refractivity contribution < 1.29 is 9.53 Å². The van der Waals surface area contributed by atoms with Crippen molar-refractivity contribution in [3.63, 3.8) is 0 Å². The number of nitrogens with one attached hydrogen (secondary N) is 2. The summed E-state index contributed by atoms with van der Waals surface area (Å²) in [5, 5.41) is 16.5. The SMILES string of the molecule is N#C/C(C(=O)OCC1CCCCC1)=C1/NC(c2ccccc2)=CN=C1N1CCNCC1. The predicted octanol–water partition coefficient (Wildman–Crippen LogP) is 2.79. The molecule has 2 N–H and O–H groups in total. The molecular weight excluding hydrogens is 390 g/mol. The van der Waals surface area contributed by atoms with Crippen molar-refractivity contribution in [2.24, 2.45) is 10.9 Å². The van der Waals surface area contributed by atoms with E-state index in [-0.39, 0.29) is 5.57 Å². The molecule has 0 radical (unpaired) electrons. The van der Waals surface area contributed by atoms with Crippen LogP contribution in [0.3, 0.4) is 0 Å². The van der Waals surface area contributed by atoms with Gasteiger partial charge in [-0.2, -0.15) is 5.26 Å². The molecule has 2 aliphatic heterocycles. The van der Waals surface area contributed by atoms with Crippen molar-refractivity contribution in [3.05, 3.63) is 53.4 Å². The third kappa shape index (κ3) is 5.15. The number of hydrogen-bond acceptors (Lipinski definition) is 7. The molecule has 0 spiro atoms. The van der Waals surface area contributed by atoms with E-state index in [1.165, 1.54) is 19.3 Å². The Bertz CT molecular complexity index is 917. The maximum absolute atomic E-state index is 12.9. The molecule has 3 aliphatic rings. The van der Waals surface area contributed by atoms with Gasteiger partial charge < -0.3 is 20.3 Å². The number of piperazine rings is 1. The van der Waals surface area contributed by atoms with Crippen LogP contribution in [0.25, 0.3) is 5.70 Å². The first-order valence-corrected chi connectivity index (χ1v) is 11.1. The number of nitrogens with zero attached hydrogens (tertiary/aromatic N) is 3. The van der Waals surface area contributed by atoms with Gasteiger partial charge in [0.25, 0.3) is 0 Å². The van der Waals surface area contributed by atoms with Crippen molar-refractivity contribution in [3.8, 4) is 6.07 Å². The lowest BCUT2D eigenvalue weighted by Gasteiger charge is -2.33. The molecular formula is C24H29N5O2. The molecule has 0 aromatic heterocycles. The molecule has 2 fully saturated rings. The van der Waals surface area contributed by atoms with Crippen molar-refractivity contribution in [2.45, 2.75) is 32.1 Å². The Labute approximate surface area is 183 Å². The fourth-order valence-corrected chi connectivity index (χ4v) is 4.29. The first-order valence-electron chi connectivity index (χ1n) is 11.1. The molecule has 162 valence electrons. The van der Waals surface area contributed by atoms with Gasteiger partial charge in [-0.15, -0.1) is 0 Å². The van der Waals surface area contributed by atoms with E-state index in [2.05, 4.69) is 26.6 Å². The number of esters is 1. The fraction of sp³-hybridized carbons (Fsp3) is 0.458. The van der Waals surface area contributed by atoms with Crippen molar-refractivity contribution in [2.75, 3.05) is 32.8 Å². The summed E-state index contributed by atoms with van der Waals surface area (Å²) in [5.74, 6) is 0.433. The maximum Gasteiger partial charge on any atom is 0.351 e. The number of hydrogen-bond donors (Lipinski definition) is 2. The topological polar surface area (TPSA) is 89.8 Å². The Morgan fingerprint density at radius 3 is 2.61 bits per heavy atom. The van der Waals surface area contributed by atoms with E-state index in [1.54, 1.807) is 6.20 Å². The van der Waals surface area contributed by atoms with Gasteiger partial charge in [-0.25, -0.2) is 9.79 Å². The van der Waals surface area contributed by atoms with Gasteiger partial charge in [0.05, 0.1) is 18.5 Å². The van der Waals surface area contributed by atoms with Crippen LogP contribution in [0, 0.1) is 17.2 Å². The monoisotopic (exact) mass is 419 g/mol. The maximum atomic E-state index is 12.9. The largest absolute Gasteiger partial charge is 0.461 e. The molecule has 0 bridgehead atoms. The first-order chi connectivity index (χ1) is 15.3. The molecule has 1 saturated carbocycles. The highest BCUT2D eigenvalue weighted by atomic mass is 16.5. The minimum atomic E-state index is -0.576. The molecule has 1 aromatic rings. The Kier molecular flexibility index (Phi) is 7.00. The molecule has 1 aromatic carbocycles. The number of ether oxygens (including phenoxy) is 1. The summed E-state index contributed by atoms with van der Waals surface area (Å²) in [6.07, 6.45) is 7.54. The second-order valence-corrected chi connectivity index (χ2v) is 8.19. The van der Waals surface area contributed by atoms with Crippen LogP contribution < -0.4 is 10.6 Å². The summed E-state index contributed by atoms with van der Waals surface area (Å²) in [6.45, 7) is 3.55. The number of aliphatic imine (C=N–C) groups is 1. The van der Waals surface area contributed by atoms with Gasteiger partial charge >= 0.3 is 5.97 Å². The standard InChI is InChI=1S/C24H29N5O2/c25-15-20(24(30)31-17-18-7-3-1-4-8-18)22-23(29-13-11-26-12-14-29)27-16-21(28-22)19-9-5-2-6-10-19/h2,5-6,9-10,16,18,26,28H,1,3-4,7-8,11-14,17H2/b22-20-. The summed E-state index contributed by atoms with van der Waals surface area (Å²) >= 11 is 0. The Morgan fingerprint density at radius 2 is 1.90 bits per heavy atom. The average Bonchev–Trinajstić information content (AvgIpc) is 2.85. The first kappa shape index (κ1) is 21.1. The summed E-state index contributed by atoms with van der Waals surface area (Å²) in [6, 6.07) is 11.9. The van der Waals surface area contributed by atoms with Gasteiger partial charge in [0.15, 0.2) is 11.4 Å². The fourth-order valence-electron chi connectivity index (χ4n) is 4.29. The predicted molar refractivity (Wildman–Crippen MR) is 120 cm³/mol. The molecule has 0 unspecified atom stereocenters. The van der Waals surface area contributed by atoms with Crippen LogP contribution in [0.15, 0.2) is 52.8 Å². The summed E-state index contributed by atoms with van der Waals surface area (Å²) in [5.41, 5.74) is 2.10. The van der Waals surface area contributed by atoms with Crippen LogP contribution in [0.2, 0.25) is 0 Å². The number of benzene rings is 1. The van der Waals surface area contributed by atoms with E-state index >= 15 is 0 Å². The quantitative estimate of drug-likeness (QED) is 0.443. The molecule has 1 saturated heterocycles. The molecule has 4 rings (SSSR count). The van der Waals surface area contributed by atoms with Crippen LogP contribution in [-0.4, -0.2) is 49.5 Å². The number of carbonyl (C=O) groups is 1. The van der Waals surface area contributed by atoms with E-state index in [4.69, 9.17) is 4.74 Å². The smallest absolute Gasteiger partial charge is 0.351 e. The van der Waals surface area contributed by atoms with Gasteiger partial charge in [-0.1, -0.05) is 49.6 Å². The summed E-state index contributed by atoms with van der Waals surface area (Å²) < 4.78 is 5.60. The highest BCUT2D eigenvalue weighted by Crippen LogP contribution is 2.25. The number of amidine groups is 1. The van der Waals surface area contributed by atoms with Gasteiger partial charge in [-0.05, 0) is 24.3 Å². The van der Waals surface area contributed by atoms with Crippen molar-refractivity contribution in [1.82, 2.24) is 15.5 Å². The molecule has 7 nitrogen and oxygen atoms in total. The van der Waals surface area contributed by atoms with E-state index < -0.39 is 5.97 Å². The third-order valence-corrected chi connectivity index (χ3v) is 6.04. The van der Waals surface area contributed by atoms with Crippen LogP contribution in [-0.2, 0) is 9.53 Å². The van der Waals surface area contributed by atoms with Gasteiger partial charge in [0.2, 0.25) is 0 Å². The second-order valence-electron chi connectivity index (χ2n) is 8.19. The van der Waals surface area contributed by atoms with Crippen molar-refractivity contribution in [1.29, 1.82) is 5.26 Å². The zero-order valence-electron chi connectivity index (χ0n) is 17.8.